The van der Waals surface area contributed by atoms with Crippen molar-refractivity contribution in [2.75, 3.05) is 0 Å². The number of carbonyl (C=O) groups is 2. The van der Waals surface area contributed by atoms with E-state index in [9.17, 15) is 9.59 Å². The van der Waals surface area contributed by atoms with Gasteiger partial charge in [-0.3, -0.25) is 4.79 Å². The molecule has 0 aliphatic rings. The Kier molecular flexibility index (Phi) is 8.87. The molecule has 0 aliphatic carbocycles. The van der Waals surface area contributed by atoms with Gasteiger partial charge in [-0.15, -0.1) is 0 Å². The number of unbranched alkanes of at least 4 members (excludes halogenated alkanes) is 5. The van der Waals surface area contributed by atoms with Gasteiger partial charge in [-0.1, -0.05) is 44.8 Å². The van der Waals surface area contributed by atoms with Gasteiger partial charge in [0.15, 0.2) is 0 Å². The fraction of sp³-hybridized carbons (Fsp3) is 0.714. The summed E-state index contributed by atoms with van der Waals surface area (Å²) in [5, 5.41) is 17.6. The van der Waals surface area contributed by atoms with E-state index < -0.39 is 17.5 Å². The molecule has 0 amide bonds. The average molecular weight is 271 g/mol. The predicted molar refractivity (Wildman–Crippen MR) is 73.9 cm³/mol. The fourth-order valence-corrected chi connectivity index (χ4v) is 1.73. The van der Waals surface area contributed by atoms with E-state index in [0.29, 0.717) is 0 Å². The van der Waals surface area contributed by atoms with Crippen LogP contribution in [0.5, 0.6) is 0 Å². The molecule has 5 nitrogen and oxygen atoms in total. The lowest BCUT2D eigenvalue weighted by molar-refractivity contribution is -0.142. The molecule has 5 heteroatoms. The third kappa shape index (κ3) is 8.37. The molecule has 0 aliphatic heterocycles. The fourth-order valence-electron chi connectivity index (χ4n) is 1.73. The largest absolute Gasteiger partial charge is 0.481 e. The van der Waals surface area contributed by atoms with Crippen molar-refractivity contribution in [2.45, 2.75) is 63.8 Å². The third-order valence-electron chi connectivity index (χ3n) is 3.04. The highest BCUT2D eigenvalue weighted by Crippen LogP contribution is 2.14. The number of aliphatic carboxylic acids is 2. The van der Waals surface area contributed by atoms with Gasteiger partial charge in [-0.05, 0) is 19.3 Å². The lowest BCUT2D eigenvalue weighted by Gasteiger charge is -2.19. The van der Waals surface area contributed by atoms with Gasteiger partial charge in [0, 0.05) is 6.42 Å². The van der Waals surface area contributed by atoms with Gasteiger partial charge in [0.1, 0.15) is 5.54 Å². The van der Waals surface area contributed by atoms with Crippen LogP contribution in [0.1, 0.15) is 58.3 Å². The van der Waals surface area contributed by atoms with Gasteiger partial charge >= 0.3 is 11.9 Å². The standard InChI is InChI=1S/C14H25NO4/c1-2-3-4-5-6-7-8-10-14(15,13(18)19)11-9-12(16)17/h8,10H,2-7,9,11,15H2,1H3,(H,16,17)(H,18,19). The zero-order chi connectivity index (χ0) is 14.7. The van der Waals surface area contributed by atoms with E-state index in [2.05, 4.69) is 6.92 Å². The summed E-state index contributed by atoms with van der Waals surface area (Å²) >= 11 is 0. The van der Waals surface area contributed by atoms with Crippen molar-refractivity contribution in [3.05, 3.63) is 12.2 Å². The van der Waals surface area contributed by atoms with Crippen LogP contribution < -0.4 is 5.73 Å². The Hall–Kier alpha value is -1.36. The Morgan fingerprint density at radius 3 is 2.32 bits per heavy atom. The molecule has 0 aromatic heterocycles. The second kappa shape index (κ2) is 9.55. The maximum Gasteiger partial charge on any atom is 0.327 e. The topological polar surface area (TPSA) is 101 Å². The summed E-state index contributed by atoms with van der Waals surface area (Å²) in [4.78, 5) is 21.5. The first kappa shape index (κ1) is 17.6. The Balaban J connectivity index is 4.11. The highest BCUT2D eigenvalue weighted by atomic mass is 16.4. The Bertz CT molecular complexity index is 315. The first-order chi connectivity index (χ1) is 8.92. The van der Waals surface area contributed by atoms with Crippen LogP contribution in [-0.4, -0.2) is 27.7 Å². The number of allylic oxidation sites excluding steroid dienone is 1. The molecule has 0 aromatic carbocycles. The number of hydrogen-bond acceptors (Lipinski definition) is 3. The second-order valence-electron chi connectivity index (χ2n) is 4.84. The van der Waals surface area contributed by atoms with Gasteiger partial charge in [-0.2, -0.15) is 0 Å². The molecule has 0 rings (SSSR count). The molecule has 1 unspecified atom stereocenters. The van der Waals surface area contributed by atoms with Crippen molar-refractivity contribution >= 4 is 11.9 Å². The van der Waals surface area contributed by atoms with Crippen LogP contribution in [0.2, 0.25) is 0 Å². The molecule has 0 heterocycles. The van der Waals surface area contributed by atoms with Crippen LogP contribution in [0, 0.1) is 0 Å². The van der Waals surface area contributed by atoms with Gasteiger partial charge in [0.05, 0.1) is 0 Å². The lowest BCUT2D eigenvalue weighted by Crippen LogP contribution is -2.46. The smallest absolute Gasteiger partial charge is 0.327 e. The van der Waals surface area contributed by atoms with E-state index in [4.69, 9.17) is 15.9 Å². The molecule has 0 fully saturated rings. The molecule has 0 bridgehead atoms. The summed E-state index contributed by atoms with van der Waals surface area (Å²) < 4.78 is 0. The molecular formula is C14H25NO4. The van der Waals surface area contributed by atoms with Crippen molar-refractivity contribution in [1.82, 2.24) is 0 Å². The lowest BCUT2D eigenvalue weighted by atomic mass is 9.93. The Morgan fingerprint density at radius 2 is 1.79 bits per heavy atom. The van der Waals surface area contributed by atoms with Crippen LogP contribution in [-0.2, 0) is 9.59 Å². The second-order valence-corrected chi connectivity index (χ2v) is 4.84. The number of carboxylic acids is 2. The molecule has 0 saturated carbocycles. The van der Waals surface area contributed by atoms with E-state index in [-0.39, 0.29) is 12.8 Å². The van der Waals surface area contributed by atoms with Crippen LogP contribution in [0.3, 0.4) is 0 Å². The minimum absolute atomic E-state index is 0.0933. The number of carboxylic acid groups (broad SMARTS) is 2. The predicted octanol–water partition coefficient (Wildman–Crippen LogP) is 2.55. The number of nitrogens with two attached hydrogens (primary N) is 1. The van der Waals surface area contributed by atoms with E-state index in [1.807, 2.05) is 0 Å². The Morgan fingerprint density at radius 1 is 1.16 bits per heavy atom. The number of rotatable bonds is 11. The summed E-state index contributed by atoms with van der Waals surface area (Å²) in [7, 11) is 0. The minimum atomic E-state index is -1.57. The van der Waals surface area contributed by atoms with Gasteiger partial charge in [-0.25, -0.2) is 4.79 Å². The van der Waals surface area contributed by atoms with Crippen molar-refractivity contribution in [3.63, 3.8) is 0 Å². The van der Waals surface area contributed by atoms with Crippen molar-refractivity contribution in [2.24, 2.45) is 5.73 Å². The average Bonchev–Trinajstić information content (AvgIpc) is 2.35. The van der Waals surface area contributed by atoms with E-state index in [0.717, 1.165) is 19.3 Å². The summed E-state index contributed by atoms with van der Waals surface area (Å²) in [5.41, 5.74) is 4.13. The van der Waals surface area contributed by atoms with Crippen molar-refractivity contribution in [3.8, 4) is 0 Å². The maximum atomic E-state index is 11.1. The Labute approximate surface area is 114 Å². The van der Waals surface area contributed by atoms with Crippen molar-refractivity contribution < 1.29 is 19.8 Å². The van der Waals surface area contributed by atoms with E-state index in [1.54, 1.807) is 6.08 Å². The SMILES string of the molecule is CCCCCCCC=CC(N)(CCC(=O)O)C(=O)O. The molecule has 0 aromatic rings. The van der Waals surface area contributed by atoms with Crippen LogP contribution in [0.15, 0.2) is 12.2 Å². The molecule has 110 valence electrons. The van der Waals surface area contributed by atoms with Crippen molar-refractivity contribution in [1.29, 1.82) is 0 Å². The van der Waals surface area contributed by atoms with Crippen LogP contribution >= 0.6 is 0 Å². The zero-order valence-electron chi connectivity index (χ0n) is 11.6. The monoisotopic (exact) mass is 271 g/mol. The molecular weight excluding hydrogens is 246 g/mol. The summed E-state index contributed by atoms with van der Waals surface area (Å²) in [5.74, 6) is -2.22. The van der Waals surface area contributed by atoms with Gasteiger partial charge in [0.2, 0.25) is 0 Å². The van der Waals surface area contributed by atoms with Crippen LogP contribution in [0.4, 0.5) is 0 Å². The van der Waals surface area contributed by atoms with E-state index in [1.165, 1.54) is 25.3 Å². The first-order valence-electron chi connectivity index (χ1n) is 6.84. The zero-order valence-corrected chi connectivity index (χ0v) is 11.6. The molecule has 0 saturated heterocycles. The first-order valence-corrected chi connectivity index (χ1v) is 6.84. The number of hydrogen-bond donors (Lipinski definition) is 3. The third-order valence-corrected chi connectivity index (χ3v) is 3.04. The molecule has 0 spiro atoms. The quantitative estimate of drug-likeness (QED) is 0.396. The molecule has 0 radical (unpaired) electrons. The maximum absolute atomic E-state index is 11.1. The van der Waals surface area contributed by atoms with Gasteiger partial charge in [0.25, 0.3) is 0 Å². The molecule has 4 N–H and O–H groups in total. The summed E-state index contributed by atoms with van der Waals surface area (Å²) in [6.07, 6.45) is 9.35. The summed E-state index contributed by atoms with van der Waals surface area (Å²) in [6, 6.07) is 0. The summed E-state index contributed by atoms with van der Waals surface area (Å²) in [6.45, 7) is 2.15. The molecule has 1 atom stereocenters. The highest BCUT2D eigenvalue weighted by Gasteiger charge is 2.31. The van der Waals surface area contributed by atoms with Crippen LogP contribution in [0.25, 0.3) is 0 Å². The van der Waals surface area contributed by atoms with E-state index >= 15 is 0 Å². The normalized spacial score (nSPS) is 14.4. The minimum Gasteiger partial charge on any atom is -0.481 e. The molecule has 19 heavy (non-hydrogen) atoms. The van der Waals surface area contributed by atoms with Gasteiger partial charge < -0.3 is 15.9 Å². The highest BCUT2D eigenvalue weighted by molar-refractivity contribution is 5.82.